The lowest BCUT2D eigenvalue weighted by molar-refractivity contribution is -0.139. The van der Waals surface area contributed by atoms with Gasteiger partial charge in [0.2, 0.25) is 11.8 Å². The molecule has 2 fully saturated rings. The minimum absolute atomic E-state index is 0.0118. The normalized spacial score (nSPS) is 32.6. The Morgan fingerprint density at radius 1 is 1.38 bits per heavy atom. The number of carbonyl (C=O) groups is 2. The summed E-state index contributed by atoms with van der Waals surface area (Å²) in [6, 6.07) is -0.270. The molecule has 3 aliphatic heterocycles. The predicted octanol–water partition coefficient (Wildman–Crippen LogP) is -0.819. The number of likely N-dealkylation sites (tertiary alicyclic amines) is 2. The highest BCUT2D eigenvalue weighted by atomic mass is 16.5. The van der Waals surface area contributed by atoms with Crippen LogP contribution in [0.1, 0.15) is 25.1 Å². The largest absolute Gasteiger partial charge is 0.368 e. The molecule has 4 rings (SSSR count). The van der Waals surface area contributed by atoms with Gasteiger partial charge in [0.15, 0.2) is 0 Å². The van der Waals surface area contributed by atoms with Crippen LogP contribution in [0.3, 0.4) is 0 Å². The first kappa shape index (κ1) is 12.9. The minimum atomic E-state index is -0.348. The fourth-order valence-corrected chi connectivity index (χ4v) is 3.56. The van der Waals surface area contributed by atoms with Crippen LogP contribution in [-0.2, 0) is 20.9 Å². The van der Waals surface area contributed by atoms with E-state index in [1.165, 1.54) is 4.90 Å². The van der Waals surface area contributed by atoms with E-state index in [0.717, 1.165) is 5.69 Å². The van der Waals surface area contributed by atoms with Gasteiger partial charge in [-0.1, -0.05) is 5.21 Å². The van der Waals surface area contributed by atoms with Crippen molar-refractivity contribution in [2.45, 2.75) is 38.1 Å². The number of ether oxygens (including phenoxy) is 1. The number of aromatic nitrogens is 3. The lowest BCUT2D eigenvalue weighted by Gasteiger charge is -2.25. The Morgan fingerprint density at radius 3 is 3.00 bits per heavy atom. The van der Waals surface area contributed by atoms with Crippen LogP contribution in [0.4, 0.5) is 0 Å². The van der Waals surface area contributed by atoms with Gasteiger partial charge in [0.1, 0.15) is 0 Å². The van der Waals surface area contributed by atoms with Crippen molar-refractivity contribution >= 4 is 11.8 Å². The number of hydrogen-bond donors (Lipinski definition) is 0. The Morgan fingerprint density at radius 2 is 2.24 bits per heavy atom. The highest BCUT2D eigenvalue weighted by molar-refractivity contribution is 6.05. The summed E-state index contributed by atoms with van der Waals surface area (Å²) in [4.78, 5) is 27.6. The molecule has 0 bridgehead atoms. The van der Waals surface area contributed by atoms with E-state index in [0.29, 0.717) is 26.2 Å². The Bertz CT molecular complexity index is 600. The maximum absolute atomic E-state index is 12.3. The fraction of sp³-hybridized carbons (Fsp3) is 0.692. The van der Waals surface area contributed by atoms with Gasteiger partial charge in [-0.05, 0) is 6.92 Å². The van der Waals surface area contributed by atoms with E-state index in [1.807, 2.05) is 11.6 Å². The van der Waals surface area contributed by atoms with Gasteiger partial charge in [-0.2, -0.15) is 0 Å². The molecular weight excluding hydrogens is 274 g/mol. The zero-order valence-corrected chi connectivity index (χ0v) is 11.8. The van der Waals surface area contributed by atoms with Gasteiger partial charge in [-0.15, -0.1) is 5.10 Å². The molecule has 0 spiro atoms. The molecule has 4 heterocycles. The average molecular weight is 291 g/mol. The van der Waals surface area contributed by atoms with E-state index in [1.54, 1.807) is 6.20 Å². The summed E-state index contributed by atoms with van der Waals surface area (Å²) in [5.74, 6) is -0.162. The summed E-state index contributed by atoms with van der Waals surface area (Å²) in [6.45, 7) is 4.10. The van der Waals surface area contributed by atoms with E-state index in [-0.39, 0.29) is 36.4 Å². The molecule has 2 amide bonds. The van der Waals surface area contributed by atoms with Gasteiger partial charge in [-0.3, -0.25) is 19.4 Å². The first-order valence-electron chi connectivity index (χ1n) is 7.28. The summed E-state index contributed by atoms with van der Waals surface area (Å²) in [5, 5.41) is 8.05. The monoisotopic (exact) mass is 291 g/mol. The zero-order chi connectivity index (χ0) is 14.6. The average Bonchev–Trinajstić information content (AvgIpc) is 3.14. The van der Waals surface area contributed by atoms with Crippen LogP contribution in [0.15, 0.2) is 6.20 Å². The van der Waals surface area contributed by atoms with Gasteiger partial charge in [0.25, 0.3) is 0 Å². The topological polar surface area (TPSA) is 80.6 Å². The molecule has 8 nitrogen and oxygen atoms in total. The van der Waals surface area contributed by atoms with Crippen LogP contribution in [0.25, 0.3) is 0 Å². The molecule has 0 aromatic carbocycles. The predicted molar refractivity (Wildman–Crippen MR) is 70.0 cm³/mol. The molecule has 3 aliphatic rings. The molecule has 1 aromatic heterocycles. The van der Waals surface area contributed by atoms with Crippen LogP contribution in [0.5, 0.6) is 0 Å². The molecule has 2 saturated heterocycles. The summed E-state index contributed by atoms with van der Waals surface area (Å²) >= 11 is 0. The second kappa shape index (κ2) is 4.60. The van der Waals surface area contributed by atoms with Crippen LogP contribution >= 0.6 is 0 Å². The highest BCUT2D eigenvalue weighted by Gasteiger charge is 2.48. The number of amides is 2. The number of hydrogen-bond acceptors (Lipinski definition) is 6. The van der Waals surface area contributed by atoms with E-state index in [2.05, 4.69) is 15.2 Å². The Kier molecular flexibility index (Phi) is 2.83. The van der Waals surface area contributed by atoms with E-state index in [4.69, 9.17) is 4.74 Å². The van der Waals surface area contributed by atoms with Crippen LogP contribution < -0.4 is 0 Å². The highest BCUT2D eigenvalue weighted by Crippen LogP contribution is 2.33. The van der Waals surface area contributed by atoms with Gasteiger partial charge >= 0.3 is 0 Å². The Labute approximate surface area is 121 Å². The summed E-state index contributed by atoms with van der Waals surface area (Å²) in [6.07, 6.45) is 2.00. The van der Waals surface area contributed by atoms with Crippen molar-refractivity contribution in [3.05, 3.63) is 11.9 Å². The number of rotatable bonds is 2. The minimum Gasteiger partial charge on any atom is -0.368 e. The lowest BCUT2D eigenvalue weighted by Crippen LogP contribution is -2.41. The van der Waals surface area contributed by atoms with Crippen molar-refractivity contribution in [2.24, 2.45) is 0 Å². The van der Waals surface area contributed by atoms with Crippen molar-refractivity contribution in [1.29, 1.82) is 0 Å². The van der Waals surface area contributed by atoms with Gasteiger partial charge in [-0.25, -0.2) is 4.68 Å². The summed E-state index contributed by atoms with van der Waals surface area (Å²) in [7, 11) is 0. The molecule has 21 heavy (non-hydrogen) atoms. The third-order valence-electron chi connectivity index (χ3n) is 4.65. The fourth-order valence-electron chi connectivity index (χ4n) is 3.56. The molecule has 1 aromatic rings. The van der Waals surface area contributed by atoms with Crippen LogP contribution in [0.2, 0.25) is 0 Å². The molecule has 0 N–H and O–H groups in total. The second-order valence-electron chi connectivity index (χ2n) is 5.74. The molecule has 0 aliphatic carbocycles. The van der Waals surface area contributed by atoms with Crippen LogP contribution in [-0.4, -0.2) is 68.4 Å². The Hall–Kier alpha value is -1.80. The maximum Gasteiger partial charge on any atom is 0.247 e. The summed E-state index contributed by atoms with van der Waals surface area (Å²) < 4.78 is 7.74. The Balaban J connectivity index is 1.55. The molecular formula is C13H17N5O3. The van der Waals surface area contributed by atoms with E-state index < -0.39 is 0 Å². The van der Waals surface area contributed by atoms with Gasteiger partial charge in [0, 0.05) is 19.6 Å². The van der Waals surface area contributed by atoms with E-state index in [9.17, 15) is 9.59 Å². The SMILES string of the molecule is CCN1C(=O)CC(N2C[C@@H]3OCc4cnnn4[C@H]3C2)C1=O. The molecule has 1 unspecified atom stereocenters. The number of carbonyl (C=O) groups excluding carboxylic acids is 2. The standard InChI is InChI=1S/C13H17N5O3/c1-2-17-12(19)3-9(13(17)20)16-5-10-11(6-16)21-7-8-4-14-15-18(8)10/h4,9-11H,2-3,5-7H2,1H3/t9?,10-,11-/m0/s1. The molecule has 8 heteroatoms. The maximum atomic E-state index is 12.3. The molecule has 0 radical (unpaired) electrons. The third kappa shape index (κ3) is 1.82. The van der Waals surface area contributed by atoms with Crippen molar-refractivity contribution in [1.82, 2.24) is 24.8 Å². The third-order valence-corrected chi connectivity index (χ3v) is 4.65. The smallest absolute Gasteiger partial charge is 0.247 e. The molecule has 0 saturated carbocycles. The molecule has 3 atom stereocenters. The van der Waals surface area contributed by atoms with Crippen molar-refractivity contribution < 1.29 is 14.3 Å². The van der Waals surface area contributed by atoms with Crippen molar-refractivity contribution in [3.8, 4) is 0 Å². The van der Waals surface area contributed by atoms with E-state index >= 15 is 0 Å². The van der Waals surface area contributed by atoms with Crippen molar-refractivity contribution in [3.63, 3.8) is 0 Å². The number of nitrogens with zero attached hydrogens (tertiary/aromatic N) is 5. The number of likely N-dealkylation sites (N-methyl/N-ethyl adjacent to an activating group) is 1. The molecule has 112 valence electrons. The van der Waals surface area contributed by atoms with Gasteiger partial charge in [0.05, 0.1) is 43.1 Å². The first-order valence-corrected chi connectivity index (χ1v) is 7.28. The summed E-state index contributed by atoms with van der Waals surface area (Å²) in [5.41, 5.74) is 0.960. The first-order chi connectivity index (χ1) is 10.2. The van der Waals surface area contributed by atoms with Gasteiger partial charge < -0.3 is 4.74 Å². The lowest BCUT2D eigenvalue weighted by atomic mass is 10.2. The van der Waals surface area contributed by atoms with Crippen LogP contribution in [0, 0.1) is 0 Å². The number of imide groups is 1. The van der Waals surface area contributed by atoms with Crippen molar-refractivity contribution in [2.75, 3.05) is 19.6 Å². The zero-order valence-electron chi connectivity index (χ0n) is 11.8. The quantitative estimate of drug-likeness (QED) is 0.662. The number of fused-ring (bicyclic) bond motifs is 3. The second-order valence-corrected chi connectivity index (χ2v) is 5.74.